The van der Waals surface area contributed by atoms with Crippen molar-refractivity contribution in [3.8, 4) is 11.3 Å². The molecule has 8 heteroatoms. The van der Waals surface area contributed by atoms with Gasteiger partial charge in [-0.05, 0) is 18.6 Å². The quantitative estimate of drug-likeness (QED) is 0.455. The first kappa shape index (κ1) is 20.9. The maximum atomic E-state index is 13.3. The standard InChI is InChI=1S/C21H18F3N3OS/c1-14(19(28)25-13-15-8-4-2-5-9-15)29-20-26-17(16-10-6-3-7-11-16)12-18(27-20)21(22,23)24/h2-12,14H,13H2,1H3,(H,25,28)/t14-/m1/s1. The van der Waals surface area contributed by atoms with Crippen LogP contribution in [0.4, 0.5) is 13.2 Å². The molecule has 150 valence electrons. The molecule has 4 nitrogen and oxygen atoms in total. The summed E-state index contributed by atoms with van der Waals surface area (Å²) in [7, 11) is 0. The molecule has 3 aromatic rings. The second-order valence-corrected chi connectivity index (χ2v) is 7.56. The van der Waals surface area contributed by atoms with Crippen molar-refractivity contribution in [2.24, 2.45) is 0 Å². The first-order valence-corrected chi connectivity index (χ1v) is 9.71. The molecular weight excluding hydrogens is 399 g/mol. The molecule has 1 aromatic heterocycles. The molecule has 0 radical (unpaired) electrons. The van der Waals surface area contributed by atoms with Gasteiger partial charge in [0.15, 0.2) is 5.16 Å². The van der Waals surface area contributed by atoms with Crippen molar-refractivity contribution in [1.82, 2.24) is 15.3 Å². The lowest BCUT2D eigenvalue weighted by atomic mass is 10.1. The molecule has 0 aliphatic heterocycles. The maximum absolute atomic E-state index is 13.3. The number of hydrogen-bond donors (Lipinski definition) is 1. The Labute approximate surface area is 170 Å². The highest BCUT2D eigenvalue weighted by Gasteiger charge is 2.34. The third-order valence-electron chi connectivity index (χ3n) is 4.03. The Morgan fingerprint density at radius 3 is 2.28 bits per heavy atom. The Balaban J connectivity index is 1.77. The molecule has 1 atom stereocenters. The molecular formula is C21H18F3N3OS. The van der Waals surface area contributed by atoms with Crippen LogP contribution in [0.5, 0.6) is 0 Å². The average molecular weight is 417 g/mol. The number of thioether (sulfide) groups is 1. The monoisotopic (exact) mass is 417 g/mol. The van der Waals surface area contributed by atoms with E-state index in [4.69, 9.17) is 0 Å². The molecule has 1 heterocycles. The summed E-state index contributed by atoms with van der Waals surface area (Å²) in [6.45, 7) is 1.94. The fourth-order valence-electron chi connectivity index (χ4n) is 2.52. The third-order valence-corrected chi connectivity index (χ3v) is 4.99. The predicted molar refractivity (Wildman–Crippen MR) is 106 cm³/mol. The number of carbonyl (C=O) groups excluding carboxylic acids is 1. The molecule has 3 rings (SSSR count). The molecule has 0 unspecified atom stereocenters. The number of aromatic nitrogens is 2. The van der Waals surface area contributed by atoms with Gasteiger partial charge in [-0.25, -0.2) is 9.97 Å². The predicted octanol–water partition coefficient (Wildman–Crippen LogP) is 4.96. The van der Waals surface area contributed by atoms with Crippen LogP contribution in [0.15, 0.2) is 71.9 Å². The molecule has 0 spiro atoms. The molecule has 1 amide bonds. The highest BCUT2D eigenvalue weighted by molar-refractivity contribution is 8.00. The summed E-state index contributed by atoms with van der Waals surface area (Å²) in [5, 5.41) is 2.02. The Bertz CT molecular complexity index is 966. The molecule has 29 heavy (non-hydrogen) atoms. The molecule has 0 saturated heterocycles. The van der Waals surface area contributed by atoms with E-state index in [1.165, 1.54) is 0 Å². The van der Waals surface area contributed by atoms with Crippen molar-refractivity contribution in [3.05, 3.63) is 78.0 Å². The summed E-state index contributed by atoms with van der Waals surface area (Å²) in [5.74, 6) is -0.305. The normalized spacial score (nSPS) is 12.4. The van der Waals surface area contributed by atoms with Crippen molar-refractivity contribution in [2.75, 3.05) is 0 Å². The van der Waals surface area contributed by atoms with Gasteiger partial charge < -0.3 is 5.32 Å². The van der Waals surface area contributed by atoms with Crippen LogP contribution in [0.3, 0.4) is 0 Å². The van der Waals surface area contributed by atoms with E-state index in [2.05, 4.69) is 15.3 Å². The molecule has 0 fully saturated rings. The Kier molecular flexibility index (Phi) is 6.53. The van der Waals surface area contributed by atoms with Crippen molar-refractivity contribution in [3.63, 3.8) is 0 Å². The summed E-state index contributed by atoms with van der Waals surface area (Å²) in [4.78, 5) is 20.2. The van der Waals surface area contributed by atoms with Crippen LogP contribution in [0.25, 0.3) is 11.3 Å². The average Bonchev–Trinajstić information content (AvgIpc) is 2.72. The van der Waals surface area contributed by atoms with Crippen LogP contribution in [0.2, 0.25) is 0 Å². The fourth-order valence-corrected chi connectivity index (χ4v) is 3.33. The zero-order valence-electron chi connectivity index (χ0n) is 15.5. The summed E-state index contributed by atoms with van der Waals surface area (Å²) in [6, 6.07) is 18.8. The number of alkyl halides is 3. The lowest BCUT2D eigenvalue weighted by Crippen LogP contribution is -2.30. The Morgan fingerprint density at radius 1 is 1.03 bits per heavy atom. The summed E-state index contributed by atoms with van der Waals surface area (Å²) in [5.41, 5.74) is 0.598. The van der Waals surface area contributed by atoms with Crippen LogP contribution in [0.1, 0.15) is 18.2 Å². The van der Waals surface area contributed by atoms with Gasteiger partial charge >= 0.3 is 6.18 Å². The number of carbonyl (C=O) groups is 1. The van der Waals surface area contributed by atoms with E-state index < -0.39 is 17.1 Å². The van der Waals surface area contributed by atoms with E-state index in [1.54, 1.807) is 37.3 Å². The topological polar surface area (TPSA) is 54.9 Å². The minimum Gasteiger partial charge on any atom is -0.351 e. The second kappa shape index (κ2) is 9.09. The number of nitrogens with one attached hydrogen (secondary N) is 1. The number of amides is 1. The maximum Gasteiger partial charge on any atom is 0.433 e. The van der Waals surface area contributed by atoms with E-state index in [1.807, 2.05) is 30.3 Å². The van der Waals surface area contributed by atoms with Crippen molar-refractivity contribution < 1.29 is 18.0 Å². The van der Waals surface area contributed by atoms with Gasteiger partial charge in [0, 0.05) is 12.1 Å². The highest BCUT2D eigenvalue weighted by atomic mass is 32.2. The second-order valence-electron chi connectivity index (χ2n) is 6.25. The van der Waals surface area contributed by atoms with Crippen molar-refractivity contribution in [2.45, 2.75) is 30.1 Å². The van der Waals surface area contributed by atoms with Crippen molar-refractivity contribution in [1.29, 1.82) is 0 Å². The van der Waals surface area contributed by atoms with E-state index in [0.717, 1.165) is 23.4 Å². The zero-order chi connectivity index (χ0) is 20.9. The molecule has 2 aromatic carbocycles. The zero-order valence-corrected chi connectivity index (χ0v) is 16.3. The molecule has 0 aliphatic carbocycles. The SMILES string of the molecule is C[C@@H](Sc1nc(-c2ccccc2)cc(C(F)(F)F)n1)C(=O)NCc1ccccc1. The van der Waals surface area contributed by atoms with Gasteiger partial charge in [-0.2, -0.15) is 13.2 Å². The van der Waals surface area contributed by atoms with Crippen LogP contribution in [-0.2, 0) is 17.5 Å². The largest absolute Gasteiger partial charge is 0.433 e. The van der Waals surface area contributed by atoms with Crippen LogP contribution >= 0.6 is 11.8 Å². The summed E-state index contributed by atoms with van der Waals surface area (Å²) < 4.78 is 39.9. The third kappa shape index (κ3) is 5.80. The Hall–Kier alpha value is -2.87. The van der Waals surface area contributed by atoms with Crippen molar-refractivity contribution >= 4 is 17.7 Å². The van der Waals surface area contributed by atoms with Crippen LogP contribution in [-0.4, -0.2) is 21.1 Å². The summed E-state index contributed by atoms with van der Waals surface area (Å²) in [6.07, 6.45) is -4.61. The Morgan fingerprint density at radius 2 is 1.66 bits per heavy atom. The molecule has 0 bridgehead atoms. The lowest BCUT2D eigenvalue weighted by molar-refractivity contribution is -0.141. The first-order chi connectivity index (χ1) is 13.8. The molecule has 1 N–H and O–H groups in total. The van der Waals surface area contributed by atoms with Gasteiger partial charge in [-0.1, -0.05) is 72.4 Å². The van der Waals surface area contributed by atoms with Gasteiger partial charge in [0.25, 0.3) is 0 Å². The van der Waals surface area contributed by atoms with E-state index >= 15 is 0 Å². The van der Waals surface area contributed by atoms with E-state index in [9.17, 15) is 18.0 Å². The van der Waals surface area contributed by atoms with Crippen LogP contribution < -0.4 is 5.32 Å². The van der Waals surface area contributed by atoms with Crippen LogP contribution in [0, 0.1) is 0 Å². The van der Waals surface area contributed by atoms with E-state index in [0.29, 0.717) is 12.1 Å². The molecule has 0 saturated carbocycles. The minimum atomic E-state index is -4.61. The number of rotatable bonds is 6. The summed E-state index contributed by atoms with van der Waals surface area (Å²) >= 11 is 0.892. The van der Waals surface area contributed by atoms with Gasteiger partial charge in [0.1, 0.15) is 5.69 Å². The van der Waals surface area contributed by atoms with Gasteiger partial charge in [0.2, 0.25) is 5.91 Å². The number of benzene rings is 2. The highest BCUT2D eigenvalue weighted by Crippen LogP contribution is 2.32. The number of halogens is 3. The van der Waals surface area contributed by atoms with Gasteiger partial charge in [0.05, 0.1) is 10.9 Å². The molecule has 0 aliphatic rings. The van der Waals surface area contributed by atoms with E-state index in [-0.39, 0.29) is 16.8 Å². The smallest absolute Gasteiger partial charge is 0.351 e. The first-order valence-electron chi connectivity index (χ1n) is 8.83. The van der Waals surface area contributed by atoms with Gasteiger partial charge in [-0.3, -0.25) is 4.79 Å². The lowest BCUT2D eigenvalue weighted by Gasteiger charge is -2.14. The number of nitrogens with zero attached hydrogens (tertiary/aromatic N) is 2. The number of hydrogen-bond acceptors (Lipinski definition) is 4. The minimum absolute atomic E-state index is 0.0963. The fraction of sp³-hybridized carbons (Fsp3) is 0.190. The van der Waals surface area contributed by atoms with Gasteiger partial charge in [-0.15, -0.1) is 0 Å².